The van der Waals surface area contributed by atoms with Crippen LogP contribution in [0.2, 0.25) is 0 Å². The molecule has 0 saturated carbocycles. The van der Waals surface area contributed by atoms with Crippen molar-refractivity contribution < 1.29 is 4.42 Å². The standard InChI is InChI=1S/C14H23N3OS/c1-12(2)10-15-14(19)17-7-5-16(6-8-17)11-13-4-3-9-18-13/h3-4,9,12H,5-8,10-11H2,1-2H3,(H,15,19). The molecule has 2 rings (SSSR count). The highest BCUT2D eigenvalue weighted by atomic mass is 32.1. The second kappa shape index (κ2) is 6.91. The van der Waals surface area contributed by atoms with Crippen LogP contribution in [-0.4, -0.2) is 47.6 Å². The first-order valence-corrected chi connectivity index (χ1v) is 7.33. The third kappa shape index (κ3) is 4.51. The Kier molecular flexibility index (Phi) is 5.22. The van der Waals surface area contributed by atoms with Crippen molar-refractivity contribution in [1.82, 2.24) is 15.1 Å². The largest absolute Gasteiger partial charge is 0.468 e. The number of piperazine rings is 1. The number of nitrogens with zero attached hydrogens (tertiary/aromatic N) is 2. The van der Waals surface area contributed by atoms with Crippen molar-refractivity contribution in [3.63, 3.8) is 0 Å². The van der Waals surface area contributed by atoms with Gasteiger partial charge in [-0.3, -0.25) is 4.90 Å². The van der Waals surface area contributed by atoms with Gasteiger partial charge in [0.25, 0.3) is 0 Å². The van der Waals surface area contributed by atoms with E-state index in [1.165, 1.54) is 0 Å². The van der Waals surface area contributed by atoms with Crippen LogP contribution in [0.1, 0.15) is 19.6 Å². The molecular formula is C14H23N3OS. The average Bonchev–Trinajstić information content (AvgIpc) is 2.89. The molecule has 0 spiro atoms. The summed E-state index contributed by atoms with van der Waals surface area (Å²) in [5.74, 6) is 1.66. The molecule has 2 heterocycles. The van der Waals surface area contributed by atoms with Gasteiger partial charge in [-0.15, -0.1) is 0 Å². The summed E-state index contributed by atoms with van der Waals surface area (Å²) < 4.78 is 5.38. The monoisotopic (exact) mass is 281 g/mol. The molecule has 0 atom stereocenters. The fraction of sp³-hybridized carbons (Fsp3) is 0.643. The van der Waals surface area contributed by atoms with Crippen LogP contribution < -0.4 is 5.32 Å². The van der Waals surface area contributed by atoms with E-state index in [9.17, 15) is 0 Å². The van der Waals surface area contributed by atoms with Crippen molar-refractivity contribution in [2.45, 2.75) is 20.4 Å². The van der Waals surface area contributed by atoms with E-state index in [0.29, 0.717) is 5.92 Å². The Hall–Kier alpha value is -1.07. The minimum absolute atomic E-state index is 0.623. The summed E-state index contributed by atoms with van der Waals surface area (Å²) in [6.45, 7) is 10.3. The highest BCUT2D eigenvalue weighted by Crippen LogP contribution is 2.09. The number of hydrogen-bond acceptors (Lipinski definition) is 3. The molecule has 1 aromatic heterocycles. The Bertz CT molecular complexity index is 383. The molecule has 1 aromatic rings. The second-order valence-electron chi connectivity index (χ2n) is 5.42. The molecule has 4 nitrogen and oxygen atoms in total. The summed E-state index contributed by atoms with van der Waals surface area (Å²) in [4.78, 5) is 4.66. The van der Waals surface area contributed by atoms with Crippen LogP contribution in [0.15, 0.2) is 22.8 Å². The lowest BCUT2D eigenvalue weighted by atomic mass is 10.2. The zero-order chi connectivity index (χ0) is 13.7. The molecule has 1 aliphatic rings. The van der Waals surface area contributed by atoms with Crippen molar-refractivity contribution in [2.24, 2.45) is 5.92 Å². The Balaban J connectivity index is 1.71. The first-order chi connectivity index (χ1) is 9.15. The van der Waals surface area contributed by atoms with E-state index in [1.54, 1.807) is 6.26 Å². The van der Waals surface area contributed by atoms with Crippen LogP contribution in [0, 0.1) is 5.92 Å². The van der Waals surface area contributed by atoms with E-state index in [0.717, 1.165) is 50.1 Å². The highest BCUT2D eigenvalue weighted by Gasteiger charge is 2.19. The fourth-order valence-corrected chi connectivity index (χ4v) is 2.40. The van der Waals surface area contributed by atoms with Gasteiger partial charge in [-0.2, -0.15) is 0 Å². The van der Waals surface area contributed by atoms with Crippen LogP contribution in [0.25, 0.3) is 0 Å². The third-order valence-corrected chi connectivity index (χ3v) is 3.68. The van der Waals surface area contributed by atoms with E-state index in [2.05, 4.69) is 29.0 Å². The number of rotatable bonds is 4. The van der Waals surface area contributed by atoms with Gasteiger partial charge in [0.1, 0.15) is 5.76 Å². The summed E-state index contributed by atoms with van der Waals surface area (Å²) in [5.41, 5.74) is 0. The van der Waals surface area contributed by atoms with Gasteiger partial charge in [0, 0.05) is 32.7 Å². The SMILES string of the molecule is CC(C)CNC(=S)N1CCN(Cc2ccco2)CC1. The first kappa shape index (κ1) is 14.3. The molecule has 19 heavy (non-hydrogen) atoms. The van der Waals surface area contributed by atoms with E-state index >= 15 is 0 Å². The molecule has 106 valence electrons. The number of thiocarbonyl (C=S) groups is 1. The molecule has 1 saturated heterocycles. The summed E-state index contributed by atoms with van der Waals surface area (Å²) >= 11 is 5.42. The van der Waals surface area contributed by atoms with Gasteiger partial charge in [-0.1, -0.05) is 13.8 Å². The van der Waals surface area contributed by atoms with E-state index in [-0.39, 0.29) is 0 Å². The topological polar surface area (TPSA) is 31.6 Å². The fourth-order valence-electron chi connectivity index (χ4n) is 2.14. The van der Waals surface area contributed by atoms with Crippen LogP contribution in [0.3, 0.4) is 0 Å². The lowest BCUT2D eigenvalue weighted by molar-refractivity contribution is 0.164. The number of hydrogen-bond donors (Lipinski definition) is 1. The van der Waals surface area contributed by atoms with Crippen LogP contribution in [0.4, 0.5) is 0 Å². The zero-order valence-corrected chi connectivity index (χ0v) is 12.6. The van der Waals surface area contributed by atoms with E-state index < -0.39 is 0 Å². The molecule has 0 aromatic carbocycles. The predicted molar refractivity (Wildman–Crippen MR) is 81.0 cm³/mol. The van der Waals surface area contributed by atoms with Crippen molar-refractivity contribution >= 4 is 17.3 Å². The van der Waals surface area contributed by atoms with E-state index in [1.807, 2.05) is 12.1 Å². The summed E-state index contributed by atoms with van der Waals surface area (Å²) in [6.07, 6.45) is 1.73. The van der Waals surface area contributed by atoms with Gasteiger partial charge in [0.15, 0.2) is 5.11 Å². The average molecular weight is 281 g/mol. The summed E-state index contributed by atoms with van der Waals surface area (Å²) in [5, 5.41) is 4.23. The molecule has 0 aliphatic carbocycles. The van der Waals surface area contributed by atoms with Crippen LogP contribution in [-0.2, 0) is 6.54 Å². The Morgan fingerprint density at radius 1 is 1.37 bits per heavy atom. The van der Waals surface area contributed by atoms with Gasteiger partial charge in [-0.25, -0.2) is 0 Å². The Labute approximate surface area is 120 Å². The van der Waals surface area contributed by atoms with Crippen molar-refractivity contribution in [1.29, 1.82) is 0 Å². The number of nitrogens with one attached hydrogen (secondary N) is 1. The van der Waals surface area contributed by atoms with E-state index in [4.69, 9.17) is 16.6 Å². The normalized spacial score (nSPS) is 16.9. The first-order valence-electron chi connectivity index (χ1n) is 6.92. The molecular weight excluding hydrogens is 258 g/mol. The molecule has 0 amide bonds. The molecule has 0 bridgehead atoms. The van der Waals surface area contributed by atoms with Gasteiger partial charge >= 0.3 is 0 Å². The van der Waals surface area contributed by atoms with Crippen molar-refractivity contribution in [3.8, 4) is 0 Å². The van der Waals surface area contributed by atoms with Gasteiger partial charge in [0.05, 0.1) is 12.8 Å². The van der Waals surface area contributed by atoms with Crippen LogP contribution >= 0.6 is 12.2 Å². The van der Waals surface area contributed by atoms with Gasteiger partial charge < -0.3 is 14.6 Å². The molecule has 0 unspecified atom stereocenters. The maximum Gasteiger partial charge on any atom is 0.169 e. The minimum Gasteiger partial charge on any atom is -0.468 e. The summed E-state index contributed by atoms with van der Waals surface area (Å²) in [7, 11) is 0. The minimum atomic E-state index is 0.623. The maximum atomic E-state index is 5.42. The second-order valence-corrected chi connectivity index (χ2v) is 5.81. The molecule has 0 radical (unpaired) electrons. The van der Waals surface area contributed by atoms with Gasteiger partial charge in [-0.05, 0) is 30.3 Å². The Morgan fingerprint density at radius 2 is 2.11 bits per heavy atom. The smallest absolute Gasteiger partial charge is 0.169 e. The lowest BCUT2D eigenvalue weighted by Crippen LogP contribution is -2.51. The highest BCUT2D eigenvalue weighted by molar-refractivity contribution is 7.80. The van der Waals surface area contributed by atoms with Crippen molar-refractivity contribution in [2.75, 3.05) is 32.7 Å². The predicted octanol–water partition coefficient (Wildman–Crippen LogP) is 1.93. The molecule has 5 heteroatoms. The summed E-state index contributed by atoms with van der Waals surface area (Å²) in [6, 6.07) is 3.97. The third-order valence-electron chi connectivity index (χ3n) is 3.28. The molecule has 1 aliphatic heterocycles. The molecule has 1 fully saturated rings. The Morgan fingerprint density at radius 3 is 2.68 bits per heavy atom. The quantitative estimate of drug-likeness (QED) is 0.853. The lowest BCUT2D eigenvalue weighted by Gasteiger charge is -2.36. The molecule has 1 N–H and O–H groups in total. The van der Waals surface area contributed by atoms with Gasteiger partial charge in [0.2, 0.25) is 0 Å². The van der Waals surface area contributed by atoms with Crippen LogP contribution in [0.5, 0.6) is 0 Å². The maximum absolute atomic E-state index is 5.42. The number of furan rings is 1. The van der Waals surface area contributed by atoms with Crippen molar-refractivity contribution in [3.05, 3.63) is 24.2 Å². The zero-order valence-electron chi connectivity index (χ0n) is 11.8.